The van der Waals surface area contributed by atoms with Gasteiger partial charge in [0, 0.05) is 70.7 Å². The number of benzene rings is 2. The highest BCUT2D eigenvalue weighted by Crippen LogP contribution is 2.49. The van der Waals surface area contributed by atoms with Crippen LogP contribution in [0.4, 0.5) is 0 Å². The van der Waals surface area contributed by atoms with Gasteiger partial charge in [-0.1, -0.05) is 65.8 Å². The second kappa shape index (κ2) is 11.2. The van der Waals surface area contributed by atoms with E-state index in [4.69, 9.17) is 4.74 Å². The third-order valence-electron chi connectivity index (χ3n) is 11.5. The fraction of sp³-hybridized carbons (Fsp3) is 0.410. The molecule has 4 aliphatic heterocycles. The van der Waals surface area contributed by atoms with Crippen molar-refractivity contribution in [1.29, 1.82) is 0 Å². The number of aromatic nitrogens is 2. The highest BCUT2D eigenvalue weighted by molar-refractivity contribution is 5.91. The average molecular weight is 601 g/mol. The van der Waals surface area contributed by atoms with Crippen LogP contribution in [0.5, 0.6) is 0 Å². The van der Waals surface area contributed by atoms with Crippen molar-refractivity contribution >= 4 is 33.3 Å². The van der Waals surface area contributed by atoms with Crippen molar-refractivity contribution in [3.8, 4) is 0 Å². The Morgan fingerprint density at radius 2 is 1.62 bits per heavy atom. The molecule has 9 rings (SSSR count). The van der Waals surface area contributed by atoms with Crippen molar-refractivity contribution in [2.24, 2.45) is 17.8 Å². The van der Waals surface area contributed by atoms with Gasteiger partial charge in [0.15, 0.2) is 0 Å². The quantitative estimate of drug-likeness (QED) is 0.189. The Labute approximate surface area is 265 Å². The van der Waals surface area contributed by atoms with Crippen LogP contribution in [0.1, 0.15) is 55.1 Å². The van der Waals surface area contributed by atoms with E-state index in [-0.39, 0.29) is 29.8 Å². The number of hydrogen-bond donors (Lipinski definition) is 2. The lowest BCUT2D eigenvalue weighted by Gasteiger charge is -2.46. The van der Waals surface area contributed by atoms with E-state index in [1.54, 1.807) is 7.11 Å². The predicted octanol–water partition coefficient (Wildman–Crippen LogP) is 7.21. The summed E-state index contributed by atoms with van der Waals surface area (Å²) in [5, 5.41) is 2.60. The summed E-state index contributed by atoms with van der Waals surface area (Å²) in [6.07, 6.45) is 10.0. The number of hydrogen-bond acceptors (Lipinski definition) is 4. The number of likely N-dealkylation sites (N-methyl/N-ethyl adjacent to an activating group) is 1. The van der Waals surface area contributed by atoms with E-state index in [0.717, 1.165) is 45.4 Å². The molecule has 4 unspecified atom stereocenters. The zero-order valence-electron chi connectivity index (χ0n) is 26.9. The van der Waals surface area contributed by atoms with Gasteiger partial charge >= 0.3 is 5.97 Å². The van der Waals surface area contributed by atoms with Gasteiger partial charge in [0.25, 0.3) is 0 Å². The number of carbonyl (C=O) groups is 1. The number of likely N-dealkylation sites (tertiary alicyclic amines) is 1. The number of aromatic amines is 2. The molecule has 2 saturated heterocycles. The Bertz CT molecular complexity index is 1890. The van der Waals surface area contributed by atoms with Crippen LogP contribution in [0.15, 0.2) is 77.9 Å². The van der Waals surface area contributed by atoms with Crippen LogP contribution in [0, 0.1) is 17.8 Å². The van der Waals surface area contributed by atoms with Crippen molar-refractivity contribution in [3.05, 3.63) is 100 Å². The molecular weight excluding hydrogens is 556 g/mol. The largest absolute Gasteiger partial charge is 0.469 e. The van der Waals surface area contributed by atoms with Gasteiger partial charge in [-0.25, -0.2) is 0 Å². The van der Waals surface area contributed by atoms with Crippen molar-refractivity contribution < 1.29 is 9.53 Å². The lowest BCUT2D eigenvalue weighted by Crippen LogP contribution is -2.53. The van der Waals surface area contributed by atoms with E-state index < -0.39 is 0 Å². The fourth-order valence-electron chi connectivity index (χ4n) is 9.30. The molecule has 232 valence electrons. The van der Waals surface area contributed by atoms with E-state index >= 15 is 0 Å². The molecule has 1 aliphatic carbocycles. The predicted molar refractivity (Wildman–Crippen MR) is 182 cm³/mol. The Morgan fingerprint density at radius 1 is 0.911 bits per heavy atom. The number of esters is 1. The minimum atomic E-state index is -0.210. The van der Waals surface area contributed by atoms with Crippen LogP contribution in [0.3, 0.4) is 0 Å². The van der Waals surface area contributed by atoms with Crippen LogP contribution < -0.4 is 0 Å². The van der Waals surface area contributed by atoms with E-state index in [0.29, 0.717) is 5.92 Å². The number of nitrogens with one attached hydrogen (secondary N) is 2. The number of piperidine rings is 2. The van der Waals surface area contributed by atoms with Gasteiger partial charge in [-0.15, -0.1) is 0 Å². The molecule has 0 saturated carbocycles. The molecule has 2 aromatic carbocycles. The van der Waals surface area contributed by atoms with E-state index in [2.05, 4.69) is 107 Å². The van der Waals surface area contributed by atoms with Crippen LogP contribution in [-0.4, -0.2) is 65.6 Å². The Hall–Kier alpha value is -3.87. The van der Waals surface area contributed by atoms with E-state index in [1.165, 1.54) is 61.0 Å². The molecule has 4 bridgehead atoms. The molecule has 45 heavy (non-hydrogen) atoms. The summed E-state index contributed by atoms with van der Waals surface area (Å²) >= 11 is 0. The number of carbonyl (C=O) groups excluding carboxylic acids is 1. The van der Waals surface area contributed by atoms with Gasteiger partial charge in [0.2, 0.25) is 0 Å². The minimum absolute atomic E-state index is 0.0818. The zero-order valence-corrected chi connectivity index (χ0v) is 26.9. The number of fused-ring (bicyclic) bond motifs is 8. The van der Waals surface area contributed by atoms with Gasteiger partial charge in [-0.05, 0) is 81.5 Å². The SMILES string of the molecule is C/C=C1/CN(C)C2Cc3c([nH]c4ccccc34)[C@@H](/C=C3\c4[nH]c5ccccc5c4CN4CC[C@H]3/C(=C\C)C4)CC1C2C(=O)OC. The smallest absolute Gasteiger partial charge is 0.310 e. The Balaban J connectivity index is 1.38. The summed E-state index contributed by atoms with van der Waals surface area (Å²) in [5.74, 6) is 0.299. The second-order valence-electron chi connectivity index (χ2n) is 13.7. The van der Waals surface area contributed by atoms with Crippen LogP contribution in [0.25, 0.3) is 27.4 Å². The molecule has 5 aliphatic rings. The first-order chi connectivity index (χ1) is 22.0. The second-order valence-corrected chi connectivity index (χ2v) is 13.7. The van der Waals surface area contributed by atoms with E-state index in [9.17, 15) is 4.79 Å². The van der Waals surface area contributed by atoms with E-state index in [1.807, 2.05) is 0 Å². The molecule has 6 heterocycles. The van der Waals surface area contributed by atoms with Gasteiger partial charge < -0.3 is 14.7 Å². The van der Waals surface area contributed by atoms with Gasteiger partial charge in [0.05, 0.1) is 13.0 Å². The number of para-hydroxylation sites is 2. The first kappa shape index (κ1) is 28.6. The molecule has 2 N–H and O–H groups in total. The minimum Gasteiger partial charge on any atom is -0.469 e. The van der Waals surface area contributed by atoms with Gasteiger partial charge in [-0.3, -0.25) is 14.6 Å². The average Bonchev–Trinajstić information content (AvgIpc) is 3.59. The first-order valence-electron chi connectivity index (χ1n) is 16.7. The molecule has 6 atom stereocenters. The maximum absolute atomic E-state index is 13.7. The highest BCUT2D eigenvalue weighted by atomic mass is 16.5. The summed E-state index contributed by atoms with van der Waals surface area (Å²) in [6.45, 7) is 8.30. The van der Waals surface area contributed by atoms with Gasteiger partial charge in [-0.2, -0.15) is 0 Å². The van der Waals surface area contributed by atoms with Crippen LogP contribution in [0.2, 0.25) is 0 Å². The lowest BCUT2D eigenvalue weighted by molar-refractivity contribution is -0.151. The number of rotatable bonds is 2. The van der Waals surface area contributed by atoms with Crippen molar-refractivity contribution in [2.75, 3.05) is 33.8 Å². The van der Waals surface area contributed by atoms with Crippen LogP contribution >= 0.6 is 0 Å². The van der Waals surface area contributed by atoms with Crippen molar-refractivity contribution in [3.63, 3.8) is 0 Å². The zero-order chi connectivity index (χ0) is 30.8. The highest BCUT2D eigenvalue weighted by Gasteiger charge is 2.47. The van der Waals surface area contributed by atoms with Crippen molar-refractivity contribution in [1.82, 2.24) is 19.8 Å². The molecule has 0 amide bonds. The molecule has 2 aromatic heterocycles. The fourth-order valence-corrected chi connectivity index (χ4v) is 9.30. The van der Waals surface area contributed by atoms with Crippen molar-refractivity contribution in [2.45, 2.75) is 51.6 Å². The third kappa shape index (κ3) is 4.56. The maximum atomic E-state index is 13.7. The van der Waals surface area contributed by atoms with Gasteiger partial charge in [0.1, 0.15) is 0 Å². The summed E-state index contributed by atoms with van der Waals surface area (Å²) < 4.78 is 5.55. The molecule has 4 aromatic rings. The Kier molecular flexibility index (Phi) is 7.10. The molecule has 2 fully saturated rings. The molecular formula is C39H44N4O2. The maximum Gasteiger partial charge on any atom is 0.310 e. The normalized spacial score (nSPS) is 31.1. The Morgan fingerprint density at radius 3 is 2.36 bits per heavy atom. The first-order valence-corrected chi connectivity index (χ1v) is 16.7. The monoisotopic (exact) mass is 600 g/mol. The number of methoxy groups -OCH3 is 1. The number of allylic oxidation sites excluding steroid dienone is 4. The number of H-pyrrole nitrogens is 2. The van der Waals surface area contributed by atoms with Crippen LogP contribution in [-0.2, 0) is 22.5 Å². The summed E-state index contributed by atoms with van der Waals surface area (Å²) in [7, 11) is 3.73. The topological polar surface area (TPSA) is 64.4 Å². The molecule has 0 spiro atoms. The summed E-state index contributed by atoms with van der Waals surface area (Å²) in [4.78, 5) is 26.5. The summed E-state index contributed by atoms with van der Waals surface area (Å²) in [6, 6.07) is 17.6. The lowest BCUT2D eigenvalue weighted by atomic mass is 9.67. The molecule has 6 nitrogen and oxygen atoms in total. The molecule has 0 radical (unpaired) electrons. The summed E-state index contributed by atoms with van der Waals surface area (Å²) in [5.41, 5.74) is 12.0. The standard InChI is InChI=1S/C39H44N4O2/c1-5-23-20-42(3)35-19-31-27-11-7-9-13-33(27)40-37(31)25(17-29(23)36(35)39(44)45-4)18-30-26-15-16-43(21-24(26)6-2)22-32-28-12-8-10-14-34(28)41-38(30)32/h5-14,18,25-26,29,35-36,40-41H,15-17,19-22H2,1-4H3/b23-5-,24-6-,30-18-/t25-,26+,29?,35?,36?/m1/s1. The molecule has 6 heteroatoms. The third-order valence-corrected chi connectivity index (χ3v) is 11.5. The number of nitrogens with zero attached hydrogens (tertiary/aromatic N) is 2. The number of ether oxygens (including phenoxy) is 1.